The summed E-state index contributed by atoms with van der Waals surface area (Å²) in [5.41, 5.74) is 16.2. The Morgan fingerprint density at radius 3 is 0.984 bits per heavy atom. The van der Waals surface area contributed by atoms with E-state index >= 15 is 0 Å². The Kier molecular flexibility index (Phi) is 8.83. The average Bonchev–Trinajstić information content (AvgIpc) is 3.86. The van der Waals surface area contributed by atoms with Crippen LogP contribution < -0.4 is 0 Å². The van der Waals surface area contributed by atoms with E-state index in [1.54, 1.807) is 0 Å². The van der Waals surface area contributed by atoms with E-state index in [0.29, 0.717) is 0 Å². The van der Waals surface area contributed by atoms with Gasteiger partial charge in [-0.3, -0.25) is 4.57 Å². The highest BCUT2D eigenvalue weighted by atomic mass is 15.3. The monoisotopic (exact) mass is 801 g/mol. The van der Waals surface area contributed by atoms with Crippen molar-refractivity contribution in [1.82, 2.24) is 14.8 Å². The summed E-state index contributed by atoms with van der Waals surface area (Å²) < 4.78 is 2.11. The second-order valence-electron chi connectivity index (χ2n) is 16.1. The van der Waals surface area contributed by atoms with Gasteiger partial charge in [-0.15, -0.1) is 10.2 Å². The van der Waals surface area contributed by atoms with Crippen molar-refractivity contribution in [3.8, 4) is 83.8 Å². The molecule has 0 N–H and O–H groups in total. The molecule has 0 spiro atoms. The lowest BCUT2D eigenvalue weighted by molar-refractivity contribution is 1.06. The van der Waals surface area contributed by atoms with Crippen LogP contribution in [0.4, 0.5) is 0 Å². The van der Waals surface area contributed by atoms with Gasteiger partial charge in [-0.25, -0.2) is 0 Å². The lowest BCUT2D eigenvalue weighted by Crippen LogP contribution is -1.99. The fourth-order valence-corrected chi connectivity index (χ4v) is 9.80. The summed E-state index contributed by atoms with van der Waals surface area (Å²) in [6.45, 7) is 0. The van der Waals surface area contributed by atoms with Crippen molar-refractivity contribution in [3.05, 3.63) is 237 Å². The van der Waals surface area contributed by atoms with Crippen molar-refractivity contribution in [2.24, 2.45) is 0 Å². The minimum Gasteiger partial charge on any atom is -0.282 e. The Labute approximate surface area is 366 Å². The van der Waals surface area contributed by atoms with Gasteiger partial charge in [0.1, 0.15) is 6.33 Å². The fourth-order valence-electron chi connectivity index (χ4n) is 9.80. The first-order valence-corrected chi connectivity index (χ1v) is 21.5. The first kappa shape index (κ1) is 36.5. The third-order valence-electron chi connectivity index (χ3n) is 12.6. The topological polar surface area (TPSA) is 30.7 Å². The van der Waals surface area contributed by atoms with Crippen molar-refractivity contribution in [2.75, 3.05) is 0 Å². The summed E-state index contributed by atoms with van der Waals surface area (Å²) in [7, 11) is 0. The number of hydrogen-bond donors (Lipinski definition) is 0. The Morgan fingerprint density at radius 1 is 0.270 bits per heavy atom. The molecule has 12 rings (SSSR count). The zero-order chi connectivity index (χ0) is 41.7. The van der Waals surface area contributed by atoms with Crippen LogP contribution in [0.3, 0.4) is 0 Å². The Hall–Kier alpha value is -8.40. The van der Waals surface area contributed by atoms with Gasteiger partial charge in [-0.1, -0.05) is 206 Å². The SMILES string of the molecule is c1ccc(-c2ccccc2-c2cc(-c3ccccc3-c3ccccc3)c3ccc4c(-c5nncn5-c5ccccc5)cc(-c5ccccc5-c5ccccc5)c5ccc2c3c54)cc1. The minimum atomic E-state index is 0.793. The largest absolute Gasteiger partial charge is 0.282 e. The van der Waals surface area contributed by atoms with Gasteiger partial charge in [0, 0.05) is 11.3 Å². The maximum atomic E-state index is 4.89. The van der Waals surface area contributed by atoms with E-state index in [4.69, 9.17) is 5.10 Å². The van der Waals surface area contributed by atoms with Gasteiger partial charge in [0.25, 0.3) is 0 Å². The van der Waals surface area contributed by atoms with E-state index < -0.39 is 0 Å². The lowest BCUT2D eigenvalue weighted by Gasteiger charge is -2.23. The van der Waals surface area contributed by atoms with Crippen LogP contribution in [-0.4, -0.2) is 14.8 Å². The summed E-state index contributed by atoms with van der Waals surface area (Å²) in [6.07, 6.45) is 1.83. The van der Waals surface area contributed by atoms with Crippen LogP contribution in [0.1, 0.15) is 0 Å². The molecule has 0 fully saturated rings. The van der Waals surface area contributed by atoms with Gasteiger partial charge in [0.2, 0.25) is 0 Å². The summed E-state index contributed by atoms with van der Waals surface area (Å²) in [6, 6.07) is 83.4. The maximum absolute atomic E-state index is 4.89. The highest BCUT2D eigenvalue weighted by Crippen LogP contribution is 2.51. The molecular weight excluding hydrogens is 763 g/mol. The van der Waals surface area contributed by atoms with Crippen LogP contribution in [0.25, 0.3) is 116 Å². The number of benzene rings is 11. The molecule has 63 heavy (non-hydrogen) atoms. The molecule has 11 aromatic carbocycles. The Bertz CT molecular complexity index is 3490. The number of hydrogen-bond acceptors (Lipinski definition) is 2. The predicted octanol–water partition coefficient (Wildman–Crippen LogP) is 15.8. The quantitative estimate of drug-likeness (QED) is 0.143. The zero-order valence-electron chi connectivity index (χ0n) is 34.4. The predicted molar refractivity (Wildman–Crippen MR) is 263 cm³/mol. The summed E-state index contributed by atoms with van der Waals surface area (Å²) >= 11 is 0. The molecular formula is C60H39N3. The third kappa shape index (κ3) is 6.13. The average molecular weight is 802 g/mol. The number of nitrogens with zero attached hydrogens (tertiary/aromatic N) is 3. The van der Waals surface area contributed by atoms with Gasteiger partial charge < -0.3 is 0 Å². The van der Waals surface area contributed by atoms with E-state index in [1.165, 1.54) is 82.6 Å². The fraction of sp³-hybridized carbons (Fsp3) is 0. The number of para-hydroxylation sites is 1. The zero-order valence-corrected chi connectivity index (χ0v) is 34.4. The molecule has 0 amide bonds. The Morgan fingerprint density at radius 2 is 0.587 bits per heavy atom. The first-order chi connectivity index (χ1) is 31.3. The highest BCUT2D eigenvalue weighted by molar-refractivity contribution is 6.32. The normalized spacial score (nSPS) is 11.5. The summed E-state index contributed by atoms with van der Waals surface area (Å²) in [4.78, 5) is 0. The highest BCUT2D eigenvalue weighted by Gasteiger charge is 2.25. The van der Waals surface area contributed by atoms with E-state index in [9.17, 15) is 0 Å². The molecule has 0 aliphatic rings. The van der Waals surface area contributed by atoms with Crippen LogP contribution in [0.5, 0.6) is 0 Å². The van der Waals surface area contributed by atoms with Crippen LogP contribution in [-0.2, 0) is 0 Å². The van der Waals surface area contributed by atoms with Crippen LogP contribution in [0, 0.1) is 0 Å². The second kappa shape index (κ2) is 15.3. The van der Waals surface area contributed by atoms with Gasteiger partial charge in [-0.2, -0.15) is 0 Å². The van der Waals surface area contributed by atoms with Gasteiger partial charge >= 0.3 is 0 Å². The molecule has 0 aliphatic heterocycles. The van der Waals surface area contributed by atoms with E-state index in [0.717, 1.165) is 33.6 Å². The molecule has 12 aromatic rings. The smallest absolute Gasteiger partial charge is 0.168 e. The summed E-state index contributed by atoms with van der Waals surface area (Å²) in [5, 5.41) is 16.6. The molecule has 0 radical (unpaired) electrons. The second-order valence-corrected chi connectivity index (χ2v) is 16.1. The number of aromatic nitrogens is 3. The van der Waals surface area contributed by atoms with Crippen LogP contribution in [0.2, 0.25) is 0 Å². The lowest BCUT2D eigenvalue weighted by atomic mass is 9.80. The number of rotatable bonds is 8. The van der Waals surface area contributed by atoms with Crippen LogP contribution >= 0.6 is 0 Å². The molecule has 0 saturated carbocycles. The minimum absolute atomic E-state index is 0.793. The van der Waals surface area contributed by atoms with E-state index in [1.807, 2.05) is 12.4 Å². The van der Waals surface area contributed by atoms with Crippen LogP contribution in [0.15, 0.2) is 237 Å². The van der Waals surface area contributed by atoms with Gasteiger partial charge in [0.05, 0.1) is 0 Å². The maximum Gasteiger partial charge on any atom is 0.168 e. The van der Waals surface area contributed by atoms with E-state index in [2.05, 4.69) is 234 Å². The molecule has 0 atom stereocenters. The van der Waals surface area contributed by atoms with Crippen molar-refractivity contribution in [2.45, 2.75) is 0 Å². The van der Waals surface area contributed by atoms with Crippen molar-refractivity contribution < 1.29 is 0 Å². The van der Waals surface area contributed by atoms with Gasteiger partial charge in [-0.05, 0) is 123 Å². The Balaban J connectivity index is 1.25. The molecule has 0 aliphatic carbocycles. The van der Waals surface area contributed by atoms with Gasteiger partial charge in [0.15, 0.2) is 5.82 Å². The summed E-state index contributed by atoms with van der Waals surface area (Å²) in [5.74, 6) is 0.793. The molecule has 0 unspecified atom stereocenters. The third-order valence-corrected chi connectivity index (χ3v) is 12.6. The van der Waals surface area contributed by atoms with Crippen molar-refractivity contribution >= 4 is 32.3 Å². The van der Waals surface area contributed by atoms with Crippen molar-refractivity contribution in [3.63, 3.8) is 0 Å². The molecule has 294 valence electrons. The van der Waals surface area contributed by atoms with Crippen molar-refractivity contribution in [1.29, 1.82) is 0 Å². The van der Waals surface area contributed by atoms with E-state index in [-0.39, 0.29) is 0 Å². The molecule has 3 nitrogen and oxygen atoms in total. The standard InChI is InChI=1S/C60H39N3/c1-5-19-40(20-6-1)44-27-13-16-30-47(44)54-37-55(48-31-17-14-28-45(48)41-21-7-2-8-22-41)51-35-36-53-57(60-62-61-39-63(60)43-25-11-4-12-26-43)38-56(52-34-33-50(54)58(51)59(52)53)49-32-18-15-29-46(49)42-23-9-3-10-24-42/h1-39H. The molecule has 3 heteroatoms. The molecule has 1 heterocycles. The first-order valence-electron chi connectivity index (χ1n) is 21.5. The molecule has 0 saturated heterocycles. The molecule has 1 aromatic heterocycles. The molecule has 0 bridgehead atoms.